The minimum Gasteiger partial charge on any atom is -0.258 e. The van der Waals surface area contributed by atoms with E-state index >= 15 is 0 Å². The van der Waals surface area contributed by atoms with Gasteiger partial charge in [-0.3, -0.25) is 10.1 Å². The Bertz CT molecular complexity index is 570. The quantitative estimate of drug-likeness (QED) is 0.646. The summed E-state index contributed by atoms with van der Waals surface area (Å²) in [5.41, 5.74) is 0.743. The average molecular weight is 300 g/mol. The zero-order valence-electron chi connectivity index (χ0n) is 8.51. The normalized spacial score (nSPS) is 10.5. The molecule has 1 aromatic heterocycles. The van der Waals surface area contributed by atoms with Gasteiger partial charge in [-0.2, -0.15) is 5.10 Å². The van der Waals surface area contributed by atoms with Crippen molar-refractivity contribution in [2.75, 3.05) is 0 Å². The molecule has 88 valence electrons. The van der Waals surface area contributed by atoms with Crippen molar-refractivity contribution in [3.8, 4) is 5.69 Å². The topological polar surface area (TPSA) is 61.0 Å². The number of nitro benzene ring substituents is 1. The van der Waals surface area contributed by atoms with Gasteiger partial charge in [0.25, 0.3) is 5.69 Å². The van der Waals surface area contributed by atoms with Gasteiger partial charge in [0.05, 0.1) is 15.1 Å². The van der Waals surface area contributed by atoms with Gasteiger partial charge in [0.2, 0.25) is 0 Å². The molecule has 2 aromatic rings. The number of hydrogen-bond acceptors (Lipinski definition) is 3. The fourth-order valence-electron chi connectivity index (χ4n) is 1.36. The van der Waals surface area contributed by atoms with Crippen LogP contribution in [0.25, 0.3) is 5.69 Å². The standard InChI is InChI=1S/C10H7BrFN3O2/c11-9-6-14(13-10(9)5-12)7-2-1-3-8(4-7)15(16)17/h1-4,6H,5H2. The summed E-state index contributed by atoms with van der Waals surface area (Å²) in [6.07, 6.45) is 1.56. The summed E-state index contributed by atoms with van der Waals surface area (Å²) in [4.78, 5) is 10.1. The molecule has 5 nitrogen and oxygen atoms in total. The SMILES string of the molecule is O=[N+]([O-])c1cccc(-n2cc(Br)c(CF)n2)c1. The van der Waals surface area contributed by atoms with Crippen LogP contribution in [-0.4, -0.2) is 14.7 Å². The lowest BCUT2D eigenvalue weighted by Crippen LogP contribution is -1.97. The molecule has 0 spiro atoms. The van der Waals surface area contributed by atoms with Gasteiger partial charge in [-0.05, 0) is 22.0 Å². The summed E-state index contributed by atoms with van der Waals surface area (Å²) >= 11 is 3.16. The van der Waals surface area contributed by atoms with Crippen molar-refractivity contribution in [2.24, 2.45) is 0 Å². The summed E-state index contributed by atoms with van der Waals surface area (Å²) in [6.45, 7) is -0.692. The molecule has 0 atom stereocenters. The van der Waals surface area contributed by atoms with Crippen LogP contribution in [0.2, 0.25) is 0 Å². The third-order valence-corrected chi connectivity index (χ3v) is 2.83. The molecule has 0 aliphatic carbocycles. The van der Waals surface area contributed by atoms with Crippen molar-refractivity contribution in [3.63, 3.8) is 0 Å². The van der Waals surface area contributed by atoms with E-state index in [-0.39, 0.29) is 11.4 Å². The lowest BCUT2D eigenvalue weighted by atomic mass is 10.3. The molecule has 7 heteroatoms. The summed E-state index contributed by atoms with van der Waals surface area (Å²) in [5.74, 6) is 0. The zero-order valence-corrected chi connectivity index (χ0v) is 10.1. The van der Waals surface area contributed by atoms with Crippen LogP contribution in [0, 0.1) is 10.1 Å². The maximum atomic E-state index is 12.5. The van der Waals surface area contributed by atoms with Crippen molar-refractivity contribution in [3.05, 3.63) is 50.7 Å². The van der Waals surface area contributed by atoms with E-state index < -0.39 is 11.6 Å². The van der Waals surface area contributed by atoms with Gasteiger partial charge in [-0.25, -0.2) is 9.07 Å². The van der Waals surface area contributed by atoms with E-state index in [0.29, 0.717) is 10.2 Å². The van der Waals surface area contributed by atoms with Gasteiger partial charge in [-0.15, -0.1) is 0 Å². The molecule has 0 saturated carbocycles. The van der Waals surface area contributed by atoms with Gasteiger partial charge < -0.3 is 0 Å². The van der Waals surface area contributed by atoms with Gasteiger partial charge in [0.15, 0.2) is 0 Å². The molecule has 0 aliphatic rings. The molecule has 0 aliphatic heterocycles. The fourth-order valence-corrected chi connectivity index (χ4v) is 1.74. The van der Waals surface area contributed by atoms with E-state index in [1.54, 1.807) is 18.3 Å². The highest BCUT2D eigenvalue weighted by Gasteiger charge is 2.10. The maximum Gasteiger partial charge on any atom is 0.271 e. The van der Waals surface area contributed by atoms with Crippen LogP contribution in [0.4, 0.5) is 10.1 Å². The van der Waals surface area contributed by atoms with Gasteiger partial charge >= 0.3 is 0 Å². The zero-order chi connectivity index (χ0) is 12.4. The first-order valence-corrected chi connectivity index (χ1v) is 5.46. The molecule has 2 rings (SSSR count). The highest BCUT2D eigenvalue weighted by atomic mass is 79.9. The summed E-state index contributed by atoms with van der Waals surface area (Å²) in [7, 11) is 0. The molecule has 17 heavy (non-hydrogen) atoms. The number of nitro groups is 1. The van der Waals surface area contributed by atoms with Crippen LogP contribution < -0.4 is 0 Å². The Morgan fingerprint density at radius 2 is 2.29 bits per heavy atom. The first-order valence-electron chi connectivity index (χ1n) is 4.66. The van der Waals surface area contributed by atoms with Gasteiger partial charge in [0, 0.05) is 18.3 Å². The van der Waals surface area contributed by atoms with E-state index in [2.05, 4.69) is 21.0 Å². The van der Waals surface area contributed by atoms with Crippen molar-refractivity contribution in [1.29, 1.82) is 0 Å². The summed E-state index contributed by atoms with van der Waals surface area (Å²) in [5, 5.41) is 14.6. The molecule has 0 bridgehead atoms. The van der Waals surface area contributed by atoms with Crippen molar-refractivity contribution >= 4 is 21.6 Å². The van der Waals surface area contributed by atoms with Crippen LogP contribution in [0.1, 0.15) is 5.69 Å². The van der Waals surface area contributed by atoms with Gasteiger partial charge in [-0.1, -0.05) is 6.07 Å². The molecule has 0 fully saturated rings. The van der Waals surface area contributed by atoms with E-state index in [1.165, 1.54) is 16.8 Å². The van der Waals surface area contributed by atoms with Crippen LogP contribution in [0.5, 0.6) is 0 Å². The molecule has 0 amide bonds. The average Bonchev–Trinajstić information content (AvgIpc) is 2.71. The Kier molecular flexibility index (Phi) is 3.19. The van der Waals surface area contributed by atoms with Crippen LogP contribution >= 0.6 is 15.9 Å². The van der Waals surface area contributed by atoms with E-state index in [0.717, 1.165) is 0 Å². The Morgan fingerprint density at radius 3 is 2.88 bits per heavy atom. The molecular formula is C10H7BrFN3O2. The van der Waals surface area contributed by atoms with E-state index in [4.69, 9.17) is 0 Å². The number of aromatic nitrogens is 2. The second kappa shape index (κ2) is 4.62. The largest absolute Gasteiger partial charge is 0.271 e. The van der Waals surface area contributed by atoms with Crippen molar-refractivity contribution in [2.45, 2.75) is 6.67 Å². The van der Waals surface area contributed by atoms with Crippen molar-refractivity contribution < 1.29 is 9.31 Å². The number of non-ortho nitro benzene ring substituents is 1. The van der Waals surface area contributed by atoms with Crippen LogP contribution in [0.15, 0.2) is 34.9 Å². The van der Waals surface area contributed by atoms with Crippen LogP contribution in [-0.2, 0) is 6.67 Å². The molecule has 1 aromatic carbocycles. The third-order valence-electron chi connectivity index (χ3n) is 2.17. The Morgan fingerprint density at radius 1 is 1.53 bits per heavy atom. The number of nitrogens with zero attached hydrogens (tertiary/aromatic N) is 3. The lowest BCUT2D eigenvalue weighted by molar-refractivity contribution is -0.384. The third kappa shape index (κ3) is 2.33. The summed E-state index contributed by atoms with van der Waals surface area (Å²) in [6, 6.07) is 5.98. The van der Waals surface area contributed by atoms with Crippen LogP contribution in [0.3, 0.4) is 0 Å². The maximum absolute atomic E-state index is 12.5. The number of rotatable bonds is 3. The molecule has 0 unspecified atom stereocenters. The first-order chi connectivity index (χ1) is 8.11. The second-order valence-corrected chi connectivity index (χ2v) is 4.13. The number of alkyl halides is 1. The predicted octanol–water partition coefficient (Wildman–Crippen LogP) is 3.01. The first kappa shape index (κ1) is 11.7. The monoisotopic (exact) mass is 299 g/mol. The summed E-state index contributed by atoms with van der Waals surface area (Å²) < 4.78 is 14.4. The molecule has 1 heterocycles. The second-order valence-electron chi connectivity index (χ2n) is 3.28. The smallest absolute Gasteiger partial charge is 0.258 e. The minimum absolute atomic E-state index is 0.0316. The van der Waals surface area contributed by atoms with Gasteiger partial charge in [0.1, 0.15) is 12.4 Å². The molecule has 0 saturated heterocycles. The Balaban J connectivity index is 2.45. The fraction of sp³-hybridized carbons (Fsp3) is 0.100. The van der Waals surface area contributed by atoms with Crippen molar-refractivity contribution in [1.82, 2.24) is 9.78 Å². The number of benzene rings is 1. The Labute approximate surface area is 104 Å². The highest BCUT2D eigenvalue weighted by Crippen LogP contribution is 2.21. The van der Waals surface area contributed by atoms with E-state index in [1.807, 2.05) is 0 Å². The number of hydrogen-bond donors (Lipinski definition) is 0. The van der Waals surface area contributed by atoms with E-state index in [9.17, 15) is 14.5 Å². The Hall–Kier alpha value is -1.76. The lowest BCUT2D eigenvalue weighted by Gasteiger charge is -2.00. The molecule has 0 radical (unpaired) electrons. The number of halogens is 2. The highest BCUT2D eigenvalue weighted by molar-refractivity contribution is 9.10. The molecular weight excluding hydrogens is 293 g/mol. The predicted molar refractivity (Wildman–Crippen MR) is 62.7 cm³/mol. The molecule has 0 N–H and O–H groups in total. The minimum atomic E-state index is -0.692.